The molecular formula is C22H24N4O3. The van der Waals surface area contributed by atoms with E-state index in [0.717, 1.165) is 24.2 Å². The first-order chi connectivity index (χ1) is 14.1. The summed E-state index contributed by atoms with van der Waals surface area (Å²) in [5.74, 6) is -0.613. The molecule has 1 saturated heterocycles. The minimum Gasteiger partial charge on any atom is -0.372 e. The minimum atomic E-state index is -0.654. The Morgan fingerprint density at radius 2 is 1.79 bits per heavy atom. The van der Waals surface area contributed by atoms with Gasteiger partial charge in [0.25, 0.3) is 0 Å². The lowest BCUT2D eigenvalue weighted by Crippen LogP contribution is -2.29. The zero-order chi connectivity index (χ0) is 20.2. The van der Waals surface area contributed by atoms with Gasteiger partial charge in [-0.2, -0.15) is 0 Å². The fourth-order valence-corrected chi connectivity index (χ4v) is 3.68. The molecule has 1 N–H and O–H groups in total. The molecule has 1 aliphatic heterocycles. The smallest absolute Gasteiger partial charge is 0.372 e. The topological polar surface area (TPSA) is 80.4 Å². The lowest BCUT2D eigenvalue weighted by atomic mass is 10.1. The van der Waals surface area contributed by atoms with Gasteiger partial charge in [0, 0.05) is 30.0 Å². The Labute approximate surface area is 168 Å². The highest BCUT2D eigenvalue weighted by Crippen LogP contribution is 2.22. The molecule has 0 unspecified atom stereocenters. The second-order valence-electron chi connectivity index (χ2n) is 7.32. The van der Waals surface area contributed by atoms with Crippen LogP contribution in [0.15, 0.2) is 57.8 Å². The van der Waals surface area contributed by atoms with Crippen molar-refractivity contribution in [3.63, 3.8) is 0 Å². The van der Waals surface area contributed by atoms with Crippen LogP contribution >= 0.6 is 0 Å². The van der Waals surface area contributed by atoms with Crippen molar-refractivity contribution in [1.29, 1.82) is 0 Å². The molecule has 0 bridgehead atoms. The highest BCUT2D eigenvalue weighted by Gasteiger charge is 2.17. The maximum Gasteiger partial charge on any atom is 0.442 e. The average molecular weight is 392 g/mol. The molecule has 1 aliphatic rings. The highest BCUT2D eigenvalue weighted by atomic mass is 16.5. The molecule has 1 aromatic heterocycles. The number of amides is 1. The van der Waals surface area contributed by atoms with Gasteiger partial charge in [-0.15, -0.1) is 0 Å². The predicted octanol–water partition coefficient (Wildman–Crippen LogP) is 3.44. The van der Waals surface area contributed by atoms with Gasteiger partial charge in [-0.3, -0.25) is 9.32 Å². The van der Waals surface area contributed by atoms with Crippen LogP contribution in [0.1, 0.15) is 24.8 Å². The third kappa shape index (κ3) is 4.23. The van der Waals surface area contributed by atoms with Crippen molar-refractivity contribution in [2.24, 2.45) is 0 Å². The number of hydrogen-bond acceptors (Lipinski definition) is 5. The third-order valence-corrected chi connectivity index (χ3v) is 5.25. The van der Waals surface area contributed by atoms with Crippen LogP contribution in [0, 0.1) is 6.92 Å². The largest absolute Gasteiger partial charge is 0.442 e. The van der Waals surface area contributed by atoms with Crippen molar-refractivity contribution < 1.29 is 9.32 Å². The highest BCUT2D eigenvalue weighted by molar-refractivity contribution is 5.91. The number of anilines is 2. The second kappa shape index (κ2) is 8.34. The summed E-state index contributed by atoms with van der Waals surface area (Å²) in [4.78, 5) is 27.0. The number of carbonyl (C=O) groups is 1. The summed E-state index contributed by atoms with van der Waals surface area (Å²) in [5.41, 5.74) is 3.57. The van der Waals surface area contributed by atoms with Crippen LogP contribution in [-0.4, -0.2) is 28.7 Å². The normalized spacial score (nSPS) is 14.0. The van der Waals surface area contributed by atoms with Gasteiger partial charge in [0.2, 0.25) is 5.91 Å². The summed E-state index contributed by atoms with van der Waals surface area (Å²) in [6.45, 7) is 3.90. The maximum atomic E-state index is 12.5. The maximum absolute atomic E-state index is 12.5. The first-order valence-electron chi connectivity index (χ1n) is 9.89. The Balaban J connectivity index is 1.46. The van der Waals surface area contributed by atoms with E-state index in [0.29, 0.717) is 11.5 Å². The number of piperidine rings is 1. The molecule has 0 aliphatic carbocycles. The van der Waals surface area contributed by atoms with Crippen molar-refractivity contribution >= 4 is 17.3 Å². The van der Waals surface area contributed by atoms with E-state index in [1.165, 1.54) is 29.5 Å². The minimum absolute atomic E-state index is 0.167. The quantitative estimate of drug-likeness (QED) is 0.719. The lowest BCUT2D eigenvalue weighted by Gasteiger charge is -2.28. The van der Waals surface area contributed by atoms with Gasteiger partial charge in [0.1, 0.15) is 6.54 Å². The Bertz CT molecular complexity index is 1050. The second-order valence-corrected chi connectivity index (χ2v) is 7.32. The molecule has 0 radical (unpaired) electrons. The number of carbonyl (C=O) groups excluding carboxylic acids is 1. The summed E-state index contributed by atoms with van der Waals surface area (Å²) < 4.78 is 6.06. The van der Waals surface area contributed by atoms with E-state index in [2.05, 4.69) is 15.4 Å². The van der Waals surface area contributed by atoms with Crippen LogP contribution in [0.25, 0.3) is 11.4 Å². The van der Waals surface area contributed by atoms with E-state index in [9.17, 15) is 9.59 Å². The average Bonchev–Trinajstić information content (AvgIpc) is 3.09. The van der Waals surface area contributed by atoms with Gasteiger partial charge in [-0.1, -0.05) is 29.4 Å². The molecule has 7 heteroatoms. The number of aryl methyl sites for hydroxylation is 1. The van der Waals surface area contributed by atoms with E-state index in [1.54, 1.807) is 0 Å². The van der Waals surface area contributed by atoms with Crippen molar-refractivity contribution in [3.05, 3.63) is 64.6 Å². The Hall–Kier alpha value is -3.35. The monoisotopic (exact) mass is 392 g/mol. The molecule has 7 nitrogen and oxygen atoms in total. The van der Waals surface area contributed by atoms with Crippen molar-refractivity contribution in [1.82, 2.24) is 9.72 Å². The van der Waals surface area contributed by atoms with Crippen molar-refractivity contribution in [2.75, 3.05) is 23.3 Å². The molecule has 3 aromatic rings. The van der Waals surface area contributed by atoms with Crippen LogP contribution in [0.3, 0.4) is 0 Å². The zero-order valence-electron chi connectivity index (χ0n) is 16.4. The Morgan fingerprint density at radius 1 is 1.07 bits per heavy atom. The Morgan fingerprint density at radius 3 is 2.52 bits per heavy atom. The van der Waals surface area contributed by atoms with Crippen molar-refractivity contribution in [2.45, 2.75) is 32.7 Å². The predicted molar refractivity (Wildman–Crippen MR) is 112 cm³/mol. The molecular weight excluding hydrogens is 368 g/mol. The number of nitrogens with zero attached hydrogens (tertiary/aromatic N) is 3. The summed E-state index contributed by atoms with van der Waals surface area (Å²) >= 11 is 0. The van der Waals surface area contributed by atoms with Gasteiger partial charge >= 0.3 is 5.76 Å². The summed E-state index contributed by atoms with van der Waals surface area (Å²) in [6.07, 6.45) is 3.72. The molecule has 150 valence electrons. The van der Waals surface area contributed by atoms with E-state index >= 15 is 0 Å². The number of benzene rings is 2. The van der Waals surface area contributed by atoms with E-state index < -0.39 is 5.76 Å². The van der Waals surface area contributed by atoms with Gasteiger partial charge in [-0.25, -0.2) is 9.36 Å². The summed E-state index contributed by atoms with van der Waals surface area (Å²) in [6, 6.07) is 15.3. The number of aromatic nitrogens is 2. The molecule has 1 fully saturated rings. The summed E-state index contributed by atoms with van der Waals surface area (Å²) in [7, 11) is 0. The molecule has 0 spiro atoms. The van der Waals surface area contributed by atoms with Gasteiger partial charge < -0.3 is 10.2 Å². The Kier molecular flexibility index (Phi) is 5.46. The molecule has 4 rings (SSSR count). The molecule has 0 saturated carbocycles. The SMILES string of the molecule is Cc1ccccc1-c1noc(=O)n1CC(=O)Nc1ccc(N2CCCCC2)cc1. The van der Waals surface area contributed by atoms with Gasteiger partial charge in [-0.05, 0) is 56.0 Å². The van der Waals surface area contributed by atoms with Crippen LogP contribution in [0.5, 0.6) is 0 Å². The lowest BCUT2D eigenvalue weighted by molar-refractivity contribution is -0.116. The van der Waals surface area contributed by atoms with E-state index in [1.807, 2.05) is 55.5 Å². The standard InChI is InChI=1S/C22H24N4O3/c1-16-7-3-4-8-19(16)21-24-29-22(28)26(21)15-20(27)23-17-9-11-18(12-10-17)25-13-5-2-6-14-25/h3-4,7-12H,2,5-6,13-15H2,1H3,(H,23,27). The van der Waals surface area contributed by atoms with Gasteiger partial charge in [0.15, 0.2) is 5.82 Å². The number of hydrogen-bond donors (Lipinski definition) is 1. The number of rotatable bonds is 5. The fraction of sp³-hybridized carbons (Fsp3) is 0.318. The molecule has 2 aromatic carbocycles. The van der Waals surface area contributed by atoms with Crippen LogP contribution in [0.2, 0.25) is 0 Å². The van der Waals surface area contributed by atoms with Crippen LogP contribution in [0.4, 0.5) is 11.4 Å². The van der Waals surface area contributed by atoms with Crippen LogP contribution < -0.4 is 16.0 Å². The van der Waals surface area contributed by atoms with E-state index in [-0.39, 0.29) is 12.5 Å². The summed E-state index contributed by atoms with van der Waals surface area (Å²) in [5, 5.41) is 6.70. The van der Waals surface area contributed by atoms with Crippen molar-refractivity contribution in [3.8, 4) is 11.4 Å². The third-order valence-electron chi connectivity index (χ3n) is 5.25. The molecule has 1 amide bonds. The first-order valence-corrected chi connectivity index (χ1v) is 9.89. The zero-order valence-corrected chi connectivity index (χ0v) is 16.4. The number of nitrogens with one attached hydrogen (secondary N) is 1. The fourth-order valence-electron chi connectivity index (χ4n) is 3.68. The molecule has 2 heterocycles. The molecule has 29 heavy (non-hydrogen) atoms. The first kappa shape index (κ1) is 19.0. The van der Waals surface area contributed by atoms with Gasteiger partial charge in [0.05, 0.1) is 0 Å². The molecule has 0 atom stereocenters. The van der Waals surface area contributed by atoms with E-state index in [4.69, 9.17) is 4.52 Å². The van der Waals surface area contributed by atoms with Crippen LogP contribution in [-0.2, 0) is 11.3 Å².